The van der Waals surface area contributed by atoms with E-state index in [1.165, 1.54) is 45.9 Å². The molecule has 1 aromatic rings. The molecule has 0 radical (unpaired) electrons. The van der Waals surface area contributed by atoms with Crippen LogP contribution in [0.25, 0.3) is 0 Å². The smallest absolute Gasteiger partial charge is 0.327 e. The molecule has 1 atom stereocenters. The van der Waals surface area contributed by atoms with E-state index in [2.05, 4.69) is 10.2 Å². The second-order valence-electron chi connectivity index (χ2n) is 6.80. The van der Waals surface area contributed by atoms with Crippen molar-refractivity contribution in [1.82, 2.24) is 10.2 Å². The van der Waals surface area contributed by atoms with Crippen LogP contribution in [0.1, 0.15) is 37.3 Å². The molecule has 2 fully saturated rings. The lowest BCUT2D eigenvalue weighted by Gasteiger charge is -2.40. The maximum absolute atomic E-state index is 12.3. The zero-order valence-electron chi connectivity index (χ0n) is 14.9. The lowest BCUT2D eigenvalue weighted by molar-refractivity contribution is -0.148. The third-order valence-corrected chi connectivity index (χ3v) is 5.53. The summed E-state index contributed by atoms with van der Waals surface area (Å²) in [4.78, 5) is 14.6. The number of hydrogen-bond donors (Lipinski definition) is 1. The third kappa shape index (κ3) is 5.58. The van der Waals surface area contributed by atoms with Gasteiger partial charge in [-0.3, -0.25) is 4.90 Å². The molecule has 0 saturated carbocycles. The fraction of sp³-hybridized carbons (Fsp3) is 0.632. The molecule has 2 heterocycles. The summed E-state index contributed by atoms with van der Waals surface area (Å²) in [6.45, 7) is 4.31. The Bertz CT molecular complexity index is 501. The number of esters is 1. The van der Waals surface area contributed by atoms with Gasteiger partial charge in [0.2, 0.25) is 0 Å². The summed E-state index contributed by atoms with van der Waals surface area (Å²) in [6, 6.07) is 9.78. The van der Waals surface area contributed by atoms with Crippen LogP contribution in [0.5, 0.6) is 0 Å². The lowest BCUT2D eigenvalue weighted by Crippen LogP contribution is -2.43. The average Bonchev–Trinajstić information content (AvgIpc) is 2.64. The van der Waals surface area contributed by atoms with Gasteiger partial charge in [-0.1, -0.05) is 30.3 Å². The third-order valence-electron chi connectivity index (χ3n) is 5.53. The van der Waals surface area contributed by atoms with E-state index in [4.69, 9.17) is 4.74 Å². The fourth-order valence-electron chi connectivity index (χ4n) is 4.21. The first-order valence-corrected chi connectivity index (χ1v) is 8.87. The van der Waals surface area contributed by atoms with Crippen LogP contribution in [0, 0.1) is 11.8 Å². The minimum atomic E-state index is -0.254. The summed E-state index contributed by atoms with van der Waals surface area (Å²) in [5.41, 5.74) is 1.04. The summed E-state index contributed by atoms with van der Waals surface area (Å²) < 4.78 is 5.07. The second kappa shape index (κ2) is 11.0. The summed E-state index contributed by atoms with van der Waals surface area (Å²) in [5.74, 6) is 1.55. The topological polar surface area (TPSA) is 41.6 Å². The zero-order chi connectivity index (χ0) is 16.1. The van der Waals surface area contributed by atoms with Gasteiger partial charge in [-0.2, -0.15) is 0 Å². The van der Waals surface area contributed by atoms with Crippen LogP contribution < -0.4 is 5.32 Å². The Kier molecular flexibility index (Phi) is 9.80. The van der Waals surface area contributed by atoms with Gasteiger partial charge in [0.15, 0.2) is 0 Å². The predicted molar refractivity (Wildman–Crippen MR) is 106 cm³/mol. The van der Waals surface area contributed by atoms with Crippen molar-refractivity contribution in [2.75, 3.05) is 33.3 Å². The van der Waals surface area contributed by atoms with E-state index < -0.39 is 0 Å². The zero-order valence-corrected chi connectivity index (χ0v) is 16.5. The van der Waals surface area contributed by atoms with Gasteiger partial charge in [-0.05, 0) is 69.3 Å². The Morgan fingerprint density at radius 3 is 2.16 bits per heavy atom. The number of methoxy groups -OCH3 is 1. The molecule has 2 aliphatic heterocycles. The Labute approximate surface area is 163 Å². The van der Waals surface area contributed by atoms with Gasteiger partial charge in [0, 0.05) is 0 Å². The molecule has 0 bridgehead atoms. The number of halogens is 2. The van der Waals surface area contributed by atoms with E-state index in [1.54, 1.807) is 0 Å². The highest BCUT2D eigenvalue weighted by molar-refractivity contribution is 5.85. The number of carbonyl (C=O) groups excluding carboxylic acids is 1. The van der Waals surface area contributed by atoms with Crippen LogP contribution in [-0.4, -0.2) is 44.2 Å². The Morgan fingerprint density at radius 1 is 1.04 bits per heavy atom. The highest BCUT2D eigenvalue weighted by Gasteiger charge is 2.34. The monoisotopic (exact) mass is 388 g/mol. The van der Waals surface area contributed by atoms with Crippen LogP contribution in [0.15, 0.2) is 30.3 Å². The largest absolute Gasteiger partial charge is 0.468 e. The second-order valence-corrected chi connectivity index (χ2v) is 6.80. The van der Waals surface area contributed by atoms with Crippen LogP contribution in [0.3, 0.4) is 0 Å². The van der Waals surface area contributed by atoms with Crippen LogP contribution >= 0.6 is 24.8 Å². The van der Waals surface area contributed by atoms with Crippen LogP contribution in [0.2, 0.25) is 0 Å². The first-order valence-electron chi connectivity index (χ1n) is 8.87. The molecule has 2 aliphatic rings. The number of benzene rings is 1. The minimum absolute atomic E-state index is 0. The molecule has 3 rings (SSSR count). The van der Waals surface area contributed by atoms with E-state index in [-0.39, 0.29) is 36.8 Å². The molecule has 1 aromatic carbocycles. The number of rotatable bonds is 4. The predicted octanol–water partition coefficient (Wildman–Crippen LogP) is 3.46. The summed E-state index contributed by atoms with van der Waals surface area (Å²) >= 11 is 0. The molecule has 1 unspecified atom stereocenters. The number of nitrogens with one attached hydrogen (secondary N) is 1. The molecule has 0 amide bonds. The van der Waals surface area contributed by atoms with Crippen molar-refractivity contribution in [3.63, 3.8) is 0 Å². The van der Waals surface area contributed by atoms with Crippen molar-refractivity contribution in [3.8, 4) is 0 Å². The highest BCUT2D eigenvalue weighted by Crippen LogP contribution is 2.34. The number of likely N-dealkylation sites (tertiary alicyclic amines) is 1. The van der Waals surface area contributed by atoms with Crippen molar-refractivity contribution >= 4 is 30.8 Å². The van der Waals surface area contributed by atoms with Crippen LogP contribution in [0.4, 0.5) is 0 Å². The van der Waals surface area contributed by atoms with Crippen molar-refractivity contribution < 1.29 is 9.53 Å². The quantitative estimate of drug-likeness (QED) is 0.801. The molecule has 0 aromatic heterocycles. The Balaban J connectivity index is 0.00000156. The summed E-state index contributed by atoms with van der Waals surface area (Å²) in [5, 5.41) is 3.45. The molecular formula is C19H30Cl2N2O2. The average molecular weight is 389 g/mol. The standard InChI is InChI=1S/C19H28N2O2.2ClH/c1-23-19(22)18(17-5-3-2-4-6-17)21-13-9-16(10-14-21)15-7-11-20-12-8-15;;/h2-6,15-16,18,20H,7-14H2,1H3;2*1H. The molecule has 142 valence electrons. The summed E-state index contributed by atoms with van der Waals surface area (Å²) in [7, 11) is 1.49. The number of hydrogen-bond acceptors (Lipinski definition) is 4. The summed E-state index contributed by atoms with van der Waals surface area (Å²) in [6.07, 6.45) is 5.02. The van der Waals surface area contributed by atoms with E-state index >= 15 is 0 Å². The molecule has 2 saturated heterocycles. The van der Waals surface area contributed by atoms with E-state index in [0.29, 0.717) is 0 Å². The van der Waals surface area contributed by atoms with Crippen molar-refractivity contribution in [1.29, 1.82) is 0 Å². The van der Waals surface area contributed by atoms with Crippen molar-refractivity contribution in [2.45, 2.75) is 31.7 Å². The van der Waals surface area contributed by atoms with E-state index in [0.717, 1.165) is 30.5 Å². The SMILES string of the molecule is COC(=O)C(c1ccccc1)N1CCC(C2CCNCC2)CC1.Cl.Cl. The van der Waals surface area contributed by atoms with E-state index in [9.17, 15) is 4.79 Å². The van der Waals surface area contributed by atoms with Gasteiger partial charge in [0.25, 0.3) is 0 Å². The number of nitrogens with zero attached hydrogens (tertiary/aromatic N) is 1. The Hall–Kier alpha value is -0.810. The molecule has 4 nitrogen and oxygen atoms in total. The Morgan fingerprint density at radius 2 is 1.60 bits per heavy atom. The van der Waals surface area contributed by atoms with Gasteiger partial charge in [0.1, 0.15) is 6.04 Å². The van der Waals surface area contributed by atoms with Gasteiger partial charge >= 0.3 is 5.97 Å². The normalized spacial score (nSPS) is 20.8. The van der Waals surface area contributed by atoms with Gasteiger partial charge < -0.3 is 10.1 Å². The van der Waals surface area contributed by atoms with Crippen molar-refractivity contribution in [3.05, 3.63) is 35.9 Å². The fourth-order valence-corrected chi connectivity index (χ4v) is 4.21. The number of ether oxygens (including phenoxy) is 1. The molecule has 0 spiro atoms. The number of carbonyl (C=O) groups is 1. The first-order chi connectivity index (χ1) is 11.3. The van der Waals surface area contributed by atoms with E-state index in [1.807, 2.05) is 30.3 Å². The van der Waals surface area contributed by atoms with Gasteiger partial charge in [-0.25, -0.2) is 4.79 Å². The molecule has 0 aliphatic carbocycles. The lowest BCUT2D eigenvalue weighted by atomic mass is 9.79. The minimum Gasteiger partial charge on any atom is -0.468 e. The van der Waals surface area contributed by atoms with Gasteiger partial charge in [-0.15, -0.1) is 24.8 Å². The molecule has 6 heteroatoms. The molecule has 25 heavy (non-hydrogen) atoms. The first kappa shape index (κ1) is 22.2. The molecular weight excluding hydrogens is 359 g/mol. The molecule has 1 N–H and O–H groups in total. The maximum Gasteiger partial charge on any atom is 0.327 e. The van der Waals surface area contributed by atoms with Crippen molar-refractivity contribution in [2.24, 2.45) is 11.8 Å². The van der Waals surface area contributed by atoms with Crippen LogP contribution in [-0.2, 0) is 9.53 Å². The highest BCUT2D eigenvalue weighted by atomic mass is 35.5. The van der Waals surface area contributed by atoms with Gasteiger partial charge in [0.05, 0.1) is 7.11 Å². The maximum atomic E-state index is 12.3. The number of piperidine rings is 2.